The average molecular weight is 275 g/mol. The van der Waals surface area contributed by atoms with Crippen LogP contribution >= 0.6 is 0 Å². The second-order valence-electron chi connectivity index (χ2n) is 6.21. The first kappa shape index (κ1) is 15.0. The first-order chi connectivity index (χ1) is 9.16. The van der Waals surface area contributed by atoms with Crippen molar-refractivity contribution in [1.29, 1.82) is 0 Å². The van der Waals surface area contributed by atoms with Crippen LogP contribution in [0.1, 0.15) is 40.3 Å². The molecule has 1 aliphatic rings. The molecule has 0 N–H and O–H groups in total. The number of hydrogen-bond acceptors (Lipinski definition) is 4. The van der Waals surface area contributed by atoms with Crippen LogP contribution in [-0.2, 0) is 9.31 Å². The summed E-state index contributed by atoms with van der Waals surface area (Å²) in [7, 11) is -0.373. The smallest absolute Gasteiger partial charge is 0.400 e. The predicted octanol–water partition coefficient (Wildman–Crippen LogP) is 3.02. The van der Waals surface area contributed by atoms with Crippen molar-refractivity contribution >= 4 is 25.9 Å². The first-order valence-corrected chi connectivity index (χ1v) is 6.73. The van der Waals surface area contributed by atoms with Crippen molar-refractivity contribution in [3.05, 3.63) is 17.2 Å². The van der Waals surface area contributed by atoms with Gasteiger partial charge in [-0.05, 0) is 53.7 Å². The molecule has 2 rings (SSSR count). The van der Waals surface area contributed by atoms with E-state index in [1.165, 1.54) is 0 Å². The number of rotatable bonds is 3. The van der Waals surface area contributed by atoms with E-state index >= 15 is 0 Å². The first-order valence-electron chi connectivity index (χ1n) is 6.73. The number of hydrogen-bond donors (Lipinski definition) is 0. The van der Waals surface area contributed by atoms with Crippen molar-refractivity contribution in [1.82, 2.24) is 9.78 Å². The summed E-state index contributed by atoms with van der Waals surface area (Å²) in [6, 6.07) is 1.88. The van der Waals surface area contributed by atoms with Crippen LogP contribution in [0.2, 0.25) is 0 Å². The molecule has 0 spiro atoms. The van der Waals surface area contributed by atoms with E-state index in [4.69, 9.17) is 9.31 Å². The normalized spacial score (nSPS) is 21.3. The molecule has 0 unspecified atom stereocenters. The summed E-state index contributed by atoms with van der Waals surface area (Å²) in [5.41, 5.74) is 1.15. The Bertz CT molecular complexity index is 545. The van der Waals surface area contributed by atoms with Crippen LogP contribution in [0.4, 0.5) is 5.82 Å². The Balaban J connectivity index is 2.26. The molecule has 108 valence electrons. The van der Waals surface area contributed by atoms with Gasteiger partial charge in [-0.15, -0.1) is 0 Å². The van der Waals surface area contributed by atoms with Crippen molar-refractivity contribution in [2.24, 2.45) is 4.99 Å². The highest BCUT2D eigenvalue weighted by Crippen LogP contribution is 2.38. The quantitative estimate of drug-likeness (QED) is 0.629. The Morgan fingerprint density at radius 1 is 1.35 bits per heavy atom. The molecular weight excluding hydrogens is 253 g/mol. The van der Waals surface area contributed by atoms with Crippen LogP contribution in [0, 0.1) is 6.92 Å². The number of aromatic nitrogens is 2. The Labute approximate surface area is 120 Å². The van der Waals surface area contributed by atoms with Crippen molar-refractivity contribution in [3.8, 4) is 0 Å². The van der Waals surface area contributed by atoms with Gasteiger partial charge in [0.1, 0.15) is 0 Å². The summed E-state index contributed by atoms with van der Waals surface area (Å²) in [4.78, 5) is 3.95. The summed E-state index contributed by atoms with van der Waals surface area (Å²) < 4.78 is 13.7. The van der Waals surface area contributed by atoms with E-state index in [1.54, 1.807) is 4.68 Å². The second-order valence-corrected chi connectivity index (χ2v) is 6.21. The minimum atomic E-state index is -0.373. The lowest BCUT2D eigenvalue weighted by molar-refractivity contribution is 0.00578. The molecule has 2 heterocycles. The lowest BCUT2D eigenvalue weighted by atomic mass is 9.80. The summed E-state index contributed by atoms with van der Waals surface area (Å²) >= 11 is 0. The molecule has 0 saturated carbocycles. The summed E-state index contributed by atoms with van der Waals surface area (Å²) in [5.74, 6) is 0.707. The predicted molar refractivity (Wildman–Crippen MR) is 82.2 cm³/mol. The fraction of sp³-hybridized carbons (Fsp3) is 0.571. The zero-order valence-corrected chi connectivity index (χ0v) is 13.1. The van der Waals surface area contributed by atoms with Gasteiger partial charge in [0.2, 0.25) is 0 Å². The third kappa shape index (κ3) is 2.58. The van der Waals surface area contributed by atoms with E-state index < -0.39 is 0 Å². The zero-order valence-electron chi connectivity index (χ0n) is 13.1. The van der Waals surface area contributed by atoms with E-state index in [1.807, 2.05) is 53.8 Å². The molecule has 0 aliphatic carbocycles. The lowest BCUT2D eigenvalue weighted by Crippen LogP contribution is -2.41. The molecule has 5 nitrogen and oxygen atoms in total. The topological polar surface area (TPSA) is 48.6 Å². The maximum atomic E-state index is 6.00. The number of aryl methyl sites for hydroxylation is 1. The minimum absolute atomic E-state index is 0.341. The van der Waals surface area contributed by atoms with Crippen molar-refractivity contribution in [2.75, 3.05) is 0 Å². The maximum absolute atomic E-state index is 6.00. The highest BCUT2D eigenvalue weighted by Gasteiger charge is 2.51. The van der Waals surface area contributed by atoms with Gasteiger partial charge >= 0.3 is 7.12 Å². The fourth-order valence-corrected chi connectivity index (χ4v) is 2.00. The fourth-order valence-electron chi connectivity index (χ4n) is 2.00. The van der Waals surface area contributed by atoms with Crippen molar-refractivity contribution < 1.29 is 9.31 Å². The lowest BCUT2D eigenvalue weighted by Gasteiger charge is -2.32. The van der Waals surface area contributed by atoms with Gasteiger partial charge < -0.3 is 9.31 Å². The molecule has 0 atom stereocenters. The third-order valence-corrected chi connectivity index (χ3v) is 3.95. The van der Waals surface area contributed by atoms with E-state index in [0.717, 1.165) is 11.2 Å². The van der Waals surface area contributed by atoms with E-state index in [9.17, 15) is 0 Å². The van der Waals surface area contributed by atoms with Crippen LogP contribution in [0.3, 0.4) is 0 Å². The van der Waals surface area contributed by atoms with Crippen LogP contribution in [0.5, 0.6) is 0 Å². The van der Waals surface area contributed by atoms with E-state index in [2.05, 4.69) is 16.8 Å². The molecule has 6 heteroatoms. The molecule has 0 aromatic carbocycles. The average Bonchev–Trinajstić information content (AvgIpc) is 2.77. The molecule has 1 aromatic rings. The molecule has 20 heavy (non-hydrogen) atoms. The summed E-state index contributed by atoms with van der Waals surface area (Å²) in [5, 5.41) is 4.36. The Hall–Kier alpha value is -1.40. The minimum Gasteiger partial charge on any atom is -0.400 e. The maximum Gasteiger partial charge on any atom is 0.491 e. The Kier molecular flexibility index (Phi) is 3.65. The number of aliphatic imine (C=N–C) groups is 1. The molecule has 1 aromatic heterocycles. The molecule has 1 saturated heterocycles. The van der Waals surface area contributed by atoms with Gasteiger partial charge in [0.05, 0.1) is 16.9 Å². The molecule has 0 amide bonds. The molecule has 0 radical (unpaired) electrons. The van der Waals surface area contributed by atoms with Crippen molar-refractivity contribution in [3.63, 3.8) is 0 Å². The van der Waals surface area contributed by atoms with Gasteiger partial charge in [-0.1, -0.05) is 0 Å². The van der Waals surface area contributed by atoms with Crippen LogP contribution in [0.15, 0.2) is 16.5 Å². The second kappa shape index (κ2) is 4.86. The van der Waals surface area contributed by atoms with Crippen molar-refractivity contribution in [2.45, 2.75) is 52.7 Å². The molecule has 1 fully saturated rings. The summed E-state index contributed by atoms with van der Waals surface area (Å²) in [6.45, 7) is 15.6. The molecule has 1 aliphatic heterocycles. The van der Waals surface area contributed by atoms with Gasteiger partial charge in [0.15, 0.2) is 5.82 Å². The van der Waals surface area contributed by atoms with Gasteiger partial charge in [0.25, 0.3) is 0 Å². The highest BCUT2D eigenvalue weighted by molar-refractivity contribution is 6.55. The largest absolute Gasteiger partial charge is 0.491 e. The van der Waals surface area contributed by atoms with Crippen LogP contribution in [-0.4, -0.2) is 34.8 Å². The van der Waals surface area contributed by atoms with E-state index in [-0.39, 0.29) is 18.3 Å². The Morgan fingerprint density at radius 3 is 2.40 bits per heavy atom. The van der Waals surface area contributed by atoms with E-state index in [0.29, 0.717) is 5.82 Å². The third-order valence-electron chi connectivity index (χ3n) is 3.95. The van der Waals surface area contributed by atoms with Gasteiger partial charge in [-0.2, -0.15) is 5.10 Å². The van der Waals surface area contributed by atoms with Crippen LogP contribution < -0.4 is 0 Å². The van der Waals surface area contributed by atoms with Crippen LogP contribution in [0.25, 0.3) is 6.20 Å². The van der Waals surface area contributed by atoms with Gasteiger partial charge in [-0.25, -0.2) is 9.67 Å². The number of allylic oxidation sites excluding steroid dienone is 1. The Morgan fingerprint density at radius 2 is 1.90 bits per heavy atom. The standard InChI is InChI=1S/C14H22BN3O2/c1-10(9-18-12(16-7)8-11(2)17-18)15-19-13(3,4)14(5,6)20-15/h8-9H,7H2,1-6H3/b10-9+. The monoisotopic (exact) mass is 275 g/mol. The summed E-state index contributed by atoms with van der Waals surface area (Å²) in [6.07, 6.45) is 1.87. The highest BCUT2D eigenvalue weighted by atomic mass is 16.7. The van der Waals surface area contributed by atoms with Gasteiger partial charge in [0, 0.05) is 12.3 Å². The zero-order chi connectivity index (χ0) is 15.1. The molecule has 0 bridgehead atoms. The van der Waals surface area contributed by atoms with Gasteiger partial charge in [-0.3, -0.25) is 0 Å². The number of nitrogens with zero attached hydrogens (tertiary/aromatic N) is 3. The SMILES string of the molecule is C=Nc1cc(C)nn1/C=C(\C)B1OC(C)(C)C(C)(C)O1. The molecular formula is C14H22BN3O2.